The standard InChI is InChI=1S/C20H12Cl4N2O6/c1-8(27)9-3-2-4-10(5-9)25-11(28)7-32-12(29)6-26-19(30)13-14(20(26)31)16(22)18(24)17(23)15(13)21/h2-5H,6-7H2,1H3,(H,25,28). The van der Waals surface area contributed by atoms with Crippen molar-refractivity contribution in [1.29, 1.82) is 0 Å². The van der Waals surface area contributed by atoms with Gasteiger partial charge >= 0.3 is 5.97 Å². The number of hydrogen-bond acceptors (Lipinski definition) is 6. The van der Waals surface area contributed by atoms with Crippen LogP contribution in [0.3, 0.4) is 0 Å². The topological polar surface area (TPSA) is 110 Å². The number of esters is 1. The third-order valence-electron chi connectivity index (χ3n) is 4.39. The minimum Gasteiger partial charge on any atom is -0.454 e. The van der Waals surface area contributed by atoms with E-state index in [1.54, 1.807) is 18.2 Å². The Morgan fingerprint density at radius 1 is 0.938 bits per heavy atom. The smallest absolute Gasteiger partial charge is 0.326 e. The van der Waals surface area contributed by atoms with E-state index in [0.717, 1.165) is 0 Å². The van der Waals surface area contributed by atoms with Crippen molar-refractivity contribution >= 4 is 81.6 Å². The van der Waals surface area contributed by atoms with E-state index in [0.29, 0.717) is 16.2 Å². The molecule has 12 heteroatoms. The summed E-state index contributed by atoms with van der Waals surface area (Å²) in [5, 5.41) is 1.53. The molecule has 0 spiro atoms. The molecule has 1 aliphatic rings. The van der Waals surface area contributed by atoms with Crippen LogP contribution in [0.15, 0.2) is 24.3 Å². The highest BCUT2D eigenvalue weighted by Crippen LogP contribution is 2.44. The molecule has 32 heavy (non-hydrogen) atoms. The van der Waals surface area contributed by atoms with Crippen LogP contribution in [0.1, 0.15) is 38.0 Å². The lowest BCUT2D eigenvalue weighted by molar-refractivity contribution is -0.147. The van der Waals surface area contributed by atoms with Gasteiger partial charge in [-0.25, -0.2) is 0 Å². The molecule has 3 rings (SSSR count). The number of carbonyl (C=O) groups is 5. The minimum atomic E-state index is -1.03. The van der Waals surface area contributed by atoms with Crippen molar-refractivity contribution in [2.75, 3.05) is 18.5 Å². The second kappa shape index (κ2) is 9.46. The fourth-order valence-corrected chi connectivity index (χ4v) is 3.89. The third kappa shape index (κ3) is 4.59. The highest BCUT2D eigenvalue weighted by Gasteiger charge is 2.42. The molecule has 1 aliphatic heterocycles. The minimum absolute atomic E-state index is 0.184. The van der Waals surface area contributed by atoms with E-state index in [1.807, 2.05) is 0 Å². The van der Waals surface area contributed by atoms with Gasteiger partial charge in [-0.05, 0) is 19.1 Å². The predicted molar refractivity (Wildman–Crippen MR) is 118 cm³/mol. The third-order valence-corrected chi connectivity index (χ3v) is 6.19. The van der Waals surface area contributed by atoms with E-state index in [1.165, 1.54) is 13.0 Å². The number of rotatable bonds is 6. The summed E-state index contributed by atoms with van der Waals surface area (Å²) >= 11 is 23.9. The number of ketones is 1. The fraction of sp³-hybridized carbons (Fsp3) is 0.150. The van der Waals surface area contributed by atoms with Gasteiger partial charge in [0.05, 0.1) is 31.2 Å². The first-order chi connectivity index (χ1) is 15.0. The summed E-state index contributed by atoms with van der Waals surface area (Å²) in [6.45, 7) is -0.100. The average molecular weight is 518 g/mol. The van der Waals surface area contributed by atoms with Gasteiger partial charge < -0.3 is 10.1 Å². The first kappa shape index (κ1) is 24.0. The Kier molecular flexibility index (Phi) is 7.09. The number of imide groups is 1. The van der Waals surface area contributed by atoms with E-state index >= 15 is 0 Å². The molecule has 1 heterocycles. The molecule has 0 fully saturated rings. The molecular weight excluding hydrogens is 506 g/mol. The molecule has 0 aliphatic carbocycles. The molecule has 8 nitrogen and oxygen atoms in total. The van der Waals surface area contributed by atoms with E-state index in [-0.39, 0.29) is 37.0 Å². The van der Waals surface area contributed by atoms with Crippen molar-refractivity contribution in [3.05, 3.63) is 61.0 Å². The zero-order valence-electron chi connectivity index (χ0n) is 16.1. The summed E-state index contributed by atoms with van der Waals surface area (Å²) in [5.74, 6) is -3.71. The summed E-state index contributed by atoms with van der Waals surface area (Å²) < 4.78 is 4.84. The number of anilines is 1. The van der Waals surface area contributed by atoms with Gasteiger partial charge in [0.1, 0.15) is 6.54 Å². The van der Waals surface area contributed by atoms with E-state index < -0.39 is 36.8 Å². The normalized spacial score (nSPS) is 12.6. The van der Waals surface area contributed by atoms with Crippen LogP contribution in [-0.4, -0.2) is 47.5 Å². The molecular formula is C20H12Cl4N2O6. The monoisotopic (exact) mass is 516 g/mol. The Balaban J connectivity index is 1.64. The maximum absolute atomic E-state index is 12.6. The van der Waals surface area contributed by atoms with Crippen molar-refractivity contribution < 1.29 is 28.7 Å². The first-order valence-corrected chi connectivity index (χ1v) is 10.3. The zero-order valence-corrected chi connectivity index (χ0v) is 19.2. The Hall–Kier alpha value is -2.65. The van der Waals surface area contributed by atoms with Crippen LogP contribution in [0.25, 0.3) is 0 Å². The van der Waals surface area contributed by atoms with Gasteiger partial charge in [0.25, 0.3) is 17.7 Å². The van der Waals surface area contributed by atoms with E-state index in [2.05, 4.69) is 5.32 Å². The quantitative estimate of drug-likeness (QED) is 0.201. The molecule has 3 amide bonds. The van der Waals surface area contributed by atoms with Gasteiger partial charge in [0.2, 0.25) is 0 Å². The fourth-order valence-electron chi connectivity index (χ4n) is 2.87. The maximum Gasteiger partial charge on any atom is 0.326 e. The number of halogens is 4. The Morgan fingerprint density at radius 3 is 2.03 bits per heavy atom. The van der Waals surface area contributed by atoms with Crippen molar-refractivity contribution in [3.8, 4) is 0 Å². The van der Waals surface area contributed by atoms with E-state index in [9.17, 15) is 24.0 Å². The van der Waals surface area contributed by atoms with Crippen LogP contribution in [0.4, 0.5) is 5.69 Å². The lowest BCUT2D eigenvalue weighted by Crippen LogP contribution is -2.36. The molecule has 0 saturated heterocycles. The van der Waals surface area contributed by atoms with Crippen LogP contribution >= 0.6 is 46.4 Å². The van der Waals surface area contributed by atoms with Crippen molar-refractivity contribution in [3.63, 3.8) is 0 Å². The molecule has 2 aromatic rings. The number of nitrogens with zero attached hydrogens (tertiary/aromatic N) is 1. The number of ether oxygens (including phenoxy) is 1. The van der Waals surface area contributed by atoms with E-state index in [4.69, 9.17) is 51.1 Å². The molecule has 0 atom stereocenters. The van der Waals surface area contributed by atoms with Gasteiger partial charge in [0, 0.05) is 11.3 Å². The molecule has 0 bridgehead atoms. The molecule has 0 aromatic heterocycles. The predicted octanol–water partition coefficient (Wildman–Crippen LogP) is 4.28. The van der Waals surface area contributed by atoms with Crippen LogP contribution in [0.2, 0.25) is 20.1 Å². The highest BCUT2D eigenvalue weighted by molar-refractivity contribution is 6.55. The SMILES string of the molecule is CC(=O)c1cccc(NC(=O)COC(=O)CN2C(=O)c3c(Cl)c(Cl)c(Cl)c(Cl)c3C2=O)c1. The van der Waals surface area contributed by atoms with Crippen LogP contribution < -0.4 is 5.32 Å². The zero-order chi connectivity index (χ0) is 23.7. The molecule has 2 aromatic carbocycles. The van der Waals surface area contributed by atoms with Crippen LogP contribution in [-0.2, 0) is 14.3 Å². The van der Waals surface area contributed by atoms with Crippen LogP contribution in [0, 0.1) is 0 Å². The van der Waals surface area contributed by atoms with Gasteiger partial charge in [-0.2, -0.15) is 0 Å². The van der Waals surface area contributed by atoms with Crippen LogP contribution in [0.5, 0.6) is 0 Å². The summed E-state index contributed by atoms with van der Waals surface area (Å²) in [6.07, 6.45) is 0. The second-order valence-corrected chi connectivity index (χ2v) is 8.06. The lowest BCUT2D eigenvalue weighted by Gasteiger charge is -2.13. The molecule has 1 N–H and O–H groups in total. The Bertz CT molecular complexity index is 1150. The molecule has 0 unspecified atom stereocenters. The molecule has 166 valence electrons. The average Bonchev–Trinajstić information content (AvgIpc) is 2.99. The number of Topliss-reactive ketones (excluding diaryl/α,β-unsaturated/α-hetero) is 1. The highest BCUT2D eigenvalue weighted by atomic mass is 35.5. The van der Waals surface area contributed by atoms with Crippen molar-refractivity contribution in [2.45, 2.75) is 6.92 Å². The largest absolute Gasteiger partial charge is 0.454 e. The molecule has 0 saturated carbocycles. The van der Waals surface area contributed by atoms with Gasteiger partial charge in [-0.15, -0.1) is 0 Å². The van der Waals surface area contributed by atoms with Gasteiger partial charge in [-0.3, -0.25) is 28.9 Å². The second-order valence-electron chi connectivity index (χ2n) is 6.55. The Labute approximate surface area is 201 Å². The number of nitrogens with one attached hydrogen (secondary N) is 1. The number of amides is 3. The van der Waals surface area contributed by atoms with Crippen molar-refractivity contribution in [2.24, 2.45) is 0 Å². The molecule has 0 radical (unpaired) electrons. The Morgan fingerprint density at radius 2 is 1.50 bits per heavy atom. The van der Waals surface area contributed by atoms with Gasteiger partial charge in [-0.1, -0.05) is 58.5 Å². The summed E-state index contributed by atoms with van der Waals surface area (Å²) in [5.41, 5.74) is 0.180. The van der Waals surface area contributed by atoms with Gasteiger partial charge in [0.15, 0.2) is 12.4 Å². The number of hydrogen-bond donors (Lipinski definition) is 1. The number of benzene rings is 2. The number of carbonyl (C=O) groups excluding carboxylic acids is 5. The summed E-state index contributed by atoms with van der Waals surface area (Å²) in [7, 11) is 0. The van der Waals surface area contributed by atoms with Crippen molar-refractivity contribution in [1.82, 2.24) is 4.90 Å². The maximum atomic E-state index is 12.6. The lowest BCUT2D eigenvalue weighted by atomic mass is 10.1. The summed E-state index contributed by atoms with van der Waals surface area (Å²) in [6, 6.07) is 6.17. The number of fused-ring (bicyclic) bond motifs is 1. The summed E-state index contributed by atoms with van der Waals surface area (Å²) in [4.78, 5) is 61.3. The first-order valence-electron chi connectivity index (χ1n) is 8.81.